The first-order valence-corrected chi connectivity index (χ1v) is 7.59. The summed E-state index contributed by atoms with van der Waals surface area (Å²) in [7, 11) is 0. The number of hydrogen-bond donors (Lipinski definition) is 1. The van der Waals surface area contributed by atoms with Crippen LogP contribution in [0.5, 0.6) is 0 Å². The Kier molecular flexibility index (Phi) is 3.62. The largest absolute Gasteiger partial charge is 0.384 e. The van der Waals surface area contributed by atoms with Crippen LogP contribution in [0.2, 0.25) is 5.02 Å². The van der Waals surface area contributed by atoms with Gasteiger partial charge in [0.15, 0.2) is 0 Å². The molecular formula is C14H14ClN3S. The smallest absolute Gasteiger partial charge is 0.135 e. The van der Waals surface area contributed by atoms with Crippen molar-refractivity contribution in [1.82, 2.24) is 9.97 Å². The molecule has 0 atom stereocenters. The monoisotopic (exact) mass is 291 g/mol. The normalized spacial score (nSPS) is 14.6. The number of nitrogens with zero attached hydrogens (tertiary/aromatic N) is 2. The van der Waals surface area contributed by atoms with Crippen LogP contribution in [-0.2, 0) is 5.75 Å². The highest BCUT2D eigenvalue weighted by atomic mass is 35.5. The van der Waals surface area contributed by atoms with E-state index in [0.717, 1.165) is 21.6 Å². The minimum absolute atomic E-state index is 0.526. The second-order valence-corrected chi connectivity index (χ2v) is 6.11. The predicted octanol–water partition coefficient (Wildman–Crippen LogP) is 3.88. The van der Waals surface area contributed by atoms with E-state index >= 15 is 0 Å². The maximum Gasteiger partial charge on any atom is 0.135 e. The number of halogens is 1. The van der Waals surface area contributed by atoms with Crippen LogP contribution in [0.1, 0.15) is 30.1 Å². The minimum Gasteiger partial charge on any atom is -0.384 e. The zero-order chi connectivity index (χ0) is 13.2. The van der Waals surface area contributed by atoms with Crippen molar-refractivity contribution >= 4 is 29.2 Å². The lowest BCUT2D eigenvalue weighted by Crippen LogP contribution is -1.99. The highest BCUT2D eigenvalue weighted by molar-refractivity contribution is 7.98. The SMILES string of the molecule is Nc1cc(SCc2ccc(Cl)cc2)nc(C2CC2)n1. The third-order valence-corrected chi connectivity index (χ3v) is 4.22. The van der Waals surface area contributed by atoms with Gasteiger partial charge in [-0.15, -0.1) is 11.8 Å². The fourth-order valence-corrected chi connectivity index (χ4v) is 2.79. The van der Waals surface area contributed by atoms with Crippen LogP contribution in [0, 0.1) is 0 Å². The van der Waals surface area contributed by atoms with Gasteiger partial charge in [-0.25, -0.2) is 9.97 Å². The van der Waals surface area contributed by atoms with E-state index in [1.165, 1.54) is 18.4 Å². The van der Waals surface area contributed by atoms with Gasteiger partial charge in [0.2, 0.25) is 0 Å². The first-order valence-electron chi connectivity index (χ1n) is 6.22. The van der Waals surface area contributed by atoms with Gasteiger partial charge >= 0.3 is 0 Å². The number of aromatic nitrogens is 2. The number of nitrogens with two attached hydrogens (primary N) is 1. The molecule has 3 nitrogen and oxygen atoms in total. The Labute approximate surface area is 121 Å². The lowest BCUT2D eigenvalue weighted by Gasteiger charge is -2.05. The quantitative estimate of drug-likeness (QED) is 0.686. The van der Waals surface area contributed by atoms with E-state index in [1.807, 2.05) is 30.3 Å². The molecular weight excluding hydrogens is 278 g/mol. The molecule has 0 amide bonds. The van der Waals surface area contributed by atoms with Crippen LogP contribution in [0.25, 0.3) is 0 Å². The van der Waals surface area contributed by atoms with Crippen LogP contribution in [0.15, 0.2) is 35.4 Å². The Bertz CT molecular complexity index is 582. The molecule has 1 aromatic carbocycles. The van der Waals surface area contributed by atoms with Crippen molar-refractivity contribution in [3.8, 4) is 0 Å². The van der Waals surface area contributed by atoms with E-state index in [-0.39, 0.29) is 0 Å². The number of hydrogen-bond acceptors (Lipinski definition) is 4. The third kappa shape index (κ3) is 3.39. The number of rotatable bonds is 4. The molecule has 0 spiro atoms. The van der Waals surface area contributed by atoms with Gasteiger partial charge in [-0.3, -0.25) is 0 Å². The number of nitrogen functional groups attached to an aromatic ring is 1. The van der Waals surface area contributed by atoms with Crippen LogP contribution in [0.4, 0.5) is 5.82 Å². The third-order valence-electron chi connectivity index (χ3n) is 2.98. The topological polar surface area (TPSA) is 51.8 Å². The Hall–Kier alpha value is -1.26. The Morgan fingerprint density at radius 1 is 1.21 bits per heavy atom. The highest BCUT2D eigenvalue weighted by Crippen LogP contribution is 2.39. The van der Waals surface area contributed by atoms with E-state index in [4.69, 9.17) is 17.3 Å². The molecule has 1 saturated carbocycles. The van der Waals surface area contributed by atoms with E-state index in [2.05, 4.69) is 9.97 Å². The molecule has 0 saturated heterocycles. The fourth-order valence-electron chi connectivity index (χ4n) is 1.80. The van der Waals surface area contributed by atoms with Crippen molar-refractivity contribution in [1.29, 1.82) is 0 Å². The molecule has 0 aliphatic heterocycles. The first kappa shape index (κ1) is 12.8. The molecule has 3 rings (SSSR count). The molecule has 19 heavy (non-hydrogen) atoms. The second kappa shape index (κ2) is 5.39. The summed E-state index contributed by atoms with van der Waals surface area (Å²) in [4.78, 5) is 8.87. The summed E-state index contributed by atoms with van der Waals surface area (Å²) in [6, 6.07) is 9.71. The predicted molar refractivity (Wildman–Crippen MR) is 79.4 cm³/mol. The molecule has 1 aliphatic carbocycles. The lowest BCUT2D eigenvalue weighted by atomic mass is 10.2. The zero-order valence-corrected chi connectivity index (χ0v) is 11.9. The number of benzene rings is 1. The van der Waals surface area contributed by atoms with Crippen LogP contribution >= 0.6 is 23.4 Å². The Balaban J connectivity index is 1.70. The second-order valence-electron chi connectivity index (χ2n) is 4.68. The van der Waals surface area contributed by atoms with Gasteiger partial charge in [0.05, 0.1) is 0 Å². The molecule has 0 bridgehead atoms. The Morgan fingerprint density at radius 2 is 1.95 bits per heavy atom. The van der Waals surface area contributed by atoms with Crippen molar-refractivity contribution in [3.63, 3.8) is 0 Å². The van der Waals surface area contributed by atoms with Gasteiger partial charge < -0.3 is 5.73 Å². The molecule has 0 unspecified atom stereocenters. The summed E-state index contributed by atoms with van der Waals surface area (Å²) in [6.45, 7) is 0. The molecule has 2 aromatic rings. The molecule has 1 aromatic heterocycles. The van der Waals surface area contributed by atoms with E-state index in [0.29, 0.717) is 11.7 Å². The van der Waals surface area contributed by atoms with Gasteiger partial charge in [0, 0.05) is 22.8 Å². The summed E-state index contributed by atoms with van der Waals surface area (Å²) in [6.07, 6.45) is 2.37. The summed E-state index contributed by atoms with van der Waals surface area (Å²) in [5.41, 5.74) is 7.05. The van der Waals surface area contributed by atoms with Crippen LogP contribution in [0.3, 0.4) is 0 Å². The summed E-state index contributed by atoms with van der Waals surface area (Å²) in [5, 5.41) is 1.71. The van der Waals surface area contributed by atoms with Gasteiger partial charge in [0.1, 0.15) is 16.7 Å². The van der Waals surface area contributed by atoms with Crippen molar-refractivity contribution in [2.24, 2.45) is 0 Å². The summed E-state index contributed by atoms with van der Waals surface area (Å²) < 4.78 is 0. The molecule has 0 radical (unpaired) electrons. The standard InChI is InChI=1S/C14H14ClN3S/c15-11-5-1-9(2-6-11)8-19-13-7-12(16)17-14(18-13)10-3-4-10/h1-2,5-7,10H,3-4,8H2,(H2,16,17,18). The van der Waals surface area contributed by atoms with Gasteiger partial charge in [0.25, 0.3) is 0 Å². The fraction of sp³-hybridized carbons (Fsp3) is 0.286. The maximum atomic E-state index is 5.87. The molecule has 5 heteroatoms. The molecule has 2 N–H and O–H groups in total. The number of anilines is 1. The van der Waals surface area contributed by atoms with Crippen molar-refractivity contribution in [3.05, 3.63) is 46.7 Å². The molecule has 98 valence electrons. The molecule has 1 heterocycles. The van der Waals surface area contributed by atoms with Crippen molar-refractivity contribution < 1.29 is 0 Å². The van der Waals surface area contributed by atoms with Crippen molar-refractivity contribution in [2.45, 2.75) is 29.5 Å². The van der Waals surface area contributed by atoms with E-state index in [9.17, 15) is 0 Å². The summed E-state index contributed by atoms with van der Waals surface area (Å²) >= 11 is 7.55. The van der Waals surface area contributed by atoms with Crippen molar-refractivity contribution in [2.75, 3.05) is 5.73 Å². The van der Waals surface area contributed by atoms with E-state index in [1.54, 1.807) is 11.8 Å². The van der Waals surface area contributed by atoms with Crippen LogP contribution < -0.4 is 5.73 Å². The van der Waals surface area contributed by atoms with Gasteiger partial charge in [-0.1, -0.05) is 23.7 Å². The Morgan fingerprint density at radius 3 is 2.63 bits per heavy atom. The lowest BCUT2D eigenvalue weighted by molar-refractivity contribution is 0.883. The average molecular weight is 292 g/mol. The minimum atomic E-state index is 0.526. The average Bonchev–Trinajstić information content (AvgIpc) is 3.22. The van der Waals surface area contributed by atoms with Gasteiger partial charge in [-0.2, -0.15) is 0 Å². The first-order chi connectivity index (χ1) is 9.20. The molecule has 1 aliphatic rings. The zero-order valence-electron chi connectivity index (χ0n) is 10.3. The maximum absolute atomic E-state index is 5.87. The van der Waals surface area contributed by atoms with E-state index < -0.39 is 0 Å². The number of thioether (sulfide) groups is 1. The summed E-state index contributed by atoms with van der Waals surface area (Å²) in [5.74, 6) is 2.85. The van der Waals surface area contributed by atoms with Crippen LogP contribution in [-0.4, -0.2) is 9.97 Å². The van der Waals surface area contributed by atoms with Gasteiger partial charge in [-0.05, 0) is 30.5 Å². The molecule has 1 fully saturated rings. The highest BCUT2D eigenvalue weighted by Gasteiger charge is 2.27.